The van der Waals surface area contributed by atoms with Gasteiger partial charge >= 0.3 is 0 Å². The summed E-state index contributed by atoms with van der Waals surface area (Å²) in [4.78, 5) is 9.24. The maximum Gasteiger partial charge on any atom is 0.128 e. The van der Waals surface area contributed by atoms with Crippen molar-refractivity contribution >= 4 is 17.7 Å². The molecule has 4 rings (SSSR count). The highest BCUT2D eigenvalue weighted by atomic mass is 15.3. The Morgan fingerprint density at radius 2 is 2.03 bits per heavy atom. The molecule has 1 unspecified atom stereocenters. The van der Waals surface area contributed by atoms with Crippen molar-refractivity contribution in [3.63, 3.8) is 0 Å². The van der Waals surface area contributed by atoms with Crippen LogP contribution in [0.3, 0.4) is 0 Å². The third kappa shape index (κ3) is 4.02. The predicted octanol–water partition coefficient (Wildman–Crippen LogP) is 1.52. The molecule has 8 nitrogen and oxygen atoms in total. The van der Waals surface area contributed by atoms with Crippen molar-refractivity contribution in [3.8, 4) is 11.1 Å². The van der Waals surface area contributed by atoms with Gasteiger partial charge in [-0.15, -0.1) is 0 Å². The molecule has 2 aliphatic heterocycles. The molecule has 1 atom stereocenters. The third-order valence-corrected chi connectivity index (χ3v) is 5.60. The molecule has 0 amide bonds. The zero-order chi connectivity index (χ0) is 20.4. The van der Waals surface area contributed by atoms with Crippen LogP contribution < -0.4 is 11.1 Å². The molecule has 0 saturated carbocycles. The summed E-state index contributed by atoms with van der Waals surface area (Å²) >= 11 is 0. The van der Waals surface area contributed by atoms with E-state index < -0.39 is 0 Å². The number of piperazine rings is 1. The first kappa shape index (κ1) is 19.2. The van der Waals surface area contributed by atoms with Crippen molar-refractivity contribution in [2.24, 2.45) is 12.0 Å². The number of benzene rings is 1. The fourth-order valence-electron chi connectivity index (χ4n) is 3.78. The summed E-state index contributed by atoms with van der Waals surface area (Å²) in [7, 11) is 1.89. The first-order chi connectivity index (χ1) is 14.0. The molecule has 8 heteroatoms. The van der Waals surface area contributed by atoms with Crippen LogP contribution in [0.1, 0.15) is 12.5 Å². The van der Waals surface area contributed by atoms with Gasteiger partial charge in [0.05, 0.1) is 24.3 Å². The lowest BCUT2D eigenvalue weighted by Gasteiger charge is -2.36. The summed E-state index contributed by atoms with van der Waals surface area (Å²) in [6.45, 7) is 7.26. The molecule has 2 aromatic rings. The minimum atomic E-state index is -0.266. The van der Waals surface area contributed by atoms with Crippen molar-refractivity contribution in [1.82, 2.24) is 24.9 Å². The van der Waals surface area contributed by atoms with Gasteiger partial charge in [-0.25, -0.2) is 4.99 Å². The van der Waals surface area contributed by atoms with Crippen LogP contribution in [0.25, 0.3) is 11.1 Å². The van der Waals surface area contributed by atoms with Gasteiger partial charge in [0.15, 0.2) is 0 Å². The molecule has 1 saturated heterocycles. The molecule has 1 aromatic heterocycles. The van der Waals surface area contributed by atoms with Gasteiger partial charge in [-0.1, -0.05) is 13.0 Å². The third-order valence-electron chi connectivity index (χ3n) is 5.60. The first-order valence-electron chi connectivity index (χ1n) is 10.00. The molecular formula is C21H28N8. The Morgan fingerprint density at radius 3 is 2.72 bits per heavy atom. The van der Waals surface area contributed by atoms with Gasteiger partial charge in [-0.3, -0.25) is 4.68 Å². The normalized spacial score (nSPS) is 19.7. The Hall–Kier alpha value is -3.13. The molecule has 0 bridgehead atoms. The van der Waals surface area contributed by atoms with Gasteiger partial charge in [0.1, 0.15) is 5.82 Å². The molecule has 2 aliphatic rings. The fourth-order valence-corrected chi connectivity index (χ4v) is 3.78. The van der Waals surface area contributed by atoms with Gasteiger partial charge < -0.3 is 26.3 Å². The van der Waals surface area contributed by atoms with Crippen LogP contribution in [0, 0.1) is 5.41 Å². The Kier molecular flexibility index (Phi) is 5.35. The number of nitrogens with zero attached hydrogens (tertiary/aromatic N) is 5. The number of aliphatic imine (C=N–C) groups is 1. The van der Waals surface area contributed by atoms with E-state index in [1.165, 1.54) is 0 Å². The Labute approximate surface area is 171 Å². The Morgan fingerprint density at radius 1 is 1.24 bits per heavy atom. The quantitative estimate of drug-likeness (QED) is 0.529. The maximum absolute atomic E-state index is 8.80. The van der Waals surface area contributed by atoms with E-state index in [4.69, 9.17) is 11.1 Å². The number of anilines is 1. The summed E-state index contributed by atoms with van der Waals surface area (Å²) < 4.78 is 1.77. The molecule has 152 valence electrons. The summed E-state index contributed by atoms with van der Waals surface area (Å²) in [6, 6.07) is 5.53. The van der Waals surface area contributed by atoms with Gasteiger partial charge in [0.25, 0.3) is 0 Å². The monoisotopic (exact) mass is 392 g/mol. The van der Waals surface area contributed by atoms with Crippen molar-refractivity contribution < 1.29 is 0 Å². The average molecular weight is 393 g/mol. The number of likely N-dealkylation sites (N-methyl/N-ethyl adjacent to an activating group) is 1. The van der Waals surface area contributed by atoms with E-state index in [1.54, 1.807) is 11.0 Å². The number of aryl methyl sites for hydroxylation is 1. The molecule has 3 heterocycles. The highest BCUT2D eigenvalue weighted by Gasteiger charge is 2.23. The zero-order valence-corrected chi connectivity index (χ0v) is 17.0. The molecule has 4 N–H and O–H groups in total. The van der Waals surface area contributed by atoms with Gasteiger partial charge in [-0.2, -0.15) is 5.10 Å². The van der Waals surface area contributed by atoms with E-state index in [0.29, 0.717) is 11.4 Å². The van der Waals surface area contributed by atoms with Crippen molar-refractivity contribution in [3.05, 3.63) is 48.1 Å². The molecule has 1 fully saturated rings. The molecule has 0 radical (unpaired) electrons. The summed E-state index contributed by atoms with van der Waals surface area (Å²) in [5.74, 6) is 0.927. The Bertz CT molecular complexity index is 949. The van der Waals surface area contributed by atoms with E-state index in [-0.39, 0.29) is 6.04 Å². The summed E-state index contributed by atoms with van der Waals surface area (Å²) in [5, 5.41) is 16.2. The number of hydrogen-bond donors (Lipinski definition) is 3. The van der Waals surface area contributed by atoms with Crippen LogP contribution in [0.5, 0.6) is 0 Å². The number of nitrogens with two attached hydrogens (primary N) is 1. The van der Waals surface area contributed by atoms with Crippen LogP contribution in [0.4, 0.5) is 5.69 Å². The van der Waals surface area contributed by atoms with E-state index in [0.717, 1.165) is 55.2 Å². The lowest BCUT2D eigenvalue weighted by atomic mass is 9.97. The minimum Gasteiger partial charge on any atom is -0.398 e. The number of nitrogens with one attached hydrogen (secondary N) is 2. The number of aromatic nitrogens is 2. The first-order valence-corrected chi connectivity index (χ1v) is 10.00. The second kappa shape index (κ2) is 8.08. The Balaban J connectivity index is 1.55. The zero-order valence-electron chi connectivity index (χ0n) is 17.0. The molecule has 0 spiro atoms. The smallest absolute Gasteiger partial charge is 0.128 e. The van der Waals surface area contributed by atoms with Crippen LogP contribution in [0.2, 0.25) is 0 Å². The number of rotatable bonds is 5. The van der Waals surface area contributed by atoms with Crippen molar-refractivity contribution in [2.75, 3.05) is 38.5 Å². The number of hydrogen-bond acceptors (Lipinski definition) is 7. The lowest BCUT2D eigenvalue weighted by Crippen LogP contribution is -2.47. The van der Waals surface area contributed by atoms with Crippen LogP contribution in [0.15, 0.2) is 47.5 Å². The minimum absolute atomic E-state index is 0.266. The van der Waals surface area contributed by atoms with E-state index in [1.807, 2.05) is 43.7 Å². The largest absolute Gasteiger partial charge is 0.398 e. The maximum atomic E-state index is 8.80. The molecule has 29 heavy (non-hydrogen) atoms. The number of nitrogen functional groups attached to an aromatic ring is 1. The highest BCUT2D eigenvalue weighted by Crippen LogP contribution is 2.25. The van der Waals surface area contributed by atoms with E-state index >= 15 is 0 Å². The van der Waals surface area contributed by atoms with Crippen LogP contribution in [-0.4, -0.2) is 70.4 Å². The lowest BCUT2D eigenvalue weighted by molar-refractivity contribution is 0.163. The highest BCUT2D eigenvalue weighted by molar-refractivity contribution is 6.08. The van der Waals surface area contributed by atoms with Crippen molar-refractivity contribution in [2.45, 2.75) is 13.0 Å². The van der Waals surface area contributed by atoms with Gasteiger partial charge in [0.2, 0.25) is 0 Å². The predicted molar refractivity (Wildman–Crippen MR) is 117 cm³/mol. The van der Waals surface area contributed by atoms with E-state index in [2.05, 4.69) is 32.1 Å². The van der Waals surface area contributed by atoms with Crippen LogP contribution in [-0.2, 0) is 7.05 Å². The van der Waals surface area contributed by atoms with Crippen LogP contribution >= 0.6 is 0 Å². The fraction of sp³-hybridized carbons (Fsp3) is 0.381. The average Bonchev–Trinajstić information content (AvgIpc) is 3.20. The SMILES string of the molecule is CCN1CCN(C2=CC(C(=N)c3cc(-c4cnn(C)c4)ccc3N)NC=N2)CC1. The summed E-state index contributed by atoms with van der Waals surface area (Å²) in [6.07, 6.45) is 7.50. The summed E-state index contributed by atoms with van der Waals surface area (Å²) in [5.41, 5.74) is 9.99. The standard InChI is InChI=1S/C21H28N8/c1-3-28-6-8-29(9-7-28)20-11-19(24-14-25-20)21(23)17-10-15(4-5-18(17)22)16-12-26-27(2)13-16/h4-5,10-14,19,23H,3,6-9,22H2,1-2H3,(H,24,25). The second-order valence-corrected chi connectivity index (χ2v) is 7.47. The van der Waals surface area contributed by atoms with Gasteiger partial charge in [0, 0.05) is 56.2 Å². The topological polar surface area (TPSA) is 98.6 Å². The molecule has 0 aliphatic carbocycles. The van der Waals surface area contributed by atoms with E-state index in [9.17, 15) is 0 Å². The van der Waals surface area contributed by atoms with Gasteiger partial charge in [-0.05, 0) is 30.3 Å². The molecular weight excluding hydrogens is 364 g/mol. The van der Waals surface area contributed by atoms with Crippen molar-refractivity contribution in [1.29, 1.82) is 5.41 Å². The molecule has 1 aromatic carbocycles. The second-order valence-electron chi connectivity index (χ2n) is 7.47.